The zero-order valence-corrected chi connectivity index (χ0v) is 32.0. The van der Waals surface area contributed by atoms with Crippen LogP contribution in [0.5, 0.6) is 0 Å². The number of hydrogen-bond acceptors (Lipinski definition) is 2. The molecule has 0 radical (unpaired) electrons. The Hall–Kier alpha value is -1.40. The Labute approximate surface area is 288 Å². The summed E-state index contributed by atoms with van der Waals surface area (Å²) in [6, 6.07) is 31.4. The van der Waals surface area contributed by atoms with Gasteiger partial charge in [-0.15, -0.1) is 0 Å². The molecule has 1 aliphatic heterocycles. The maximum atomic E-state index is 10.4. The van der Waals surface area contributed by atoms with Gasteiger partial charge in [0.2, 0.25) is 11.8 Å². The lowest BCUT2D eigenvalue weighted by Crippen LogP contribution is -3.00. The van der Waals surface area contributed by atoms with Crippen molar-refractivity contribution < 1.29 is 60.5 Å². The molecule has 0 atom stereocenters. The van der Waals surface area contributed by atoms with Gasteiger partial charge in [0.25, 0.3) is 0 Å². The summed E-state index contributed by atoms with van der Waals surface area (Å²) in [5.41, 5.74) is 4.01. The third-order valence-corrected chi connectivity index (χ3v) is 6.37. The highest BCUT2D eigenvalue weighted by Crippen LogP contribution is 2.16. The minimum Gasteiger partial charge on any atom is -1.00 e. The van der Waals surface area contributed by atoms with Crippen molar-refractivity contribution in [2.45, 2.75) is 12.8 Å². The number of imide groups is 1. The molecule has 0 aliphatic carbocycles. The van der Waals surface area contributed by atoms with E-state index >= 15 is 0 Å². The molecule has 3 aromatic carbocycles. The van der Waals surface area contributed by atoms with Crippen LogP contribution >= 0.6 is 16.1 Å². The normalized spacial score (nSPS) is 12.4. The van der Waals surface area contributed by atoms with E-state index in [1.807, 2.05) is 18.2 Å². The number of para-hydroxylation sites is 3. The zero-order chi connectivity index (χ0) is 29.0. The maximum absolute atomic E-state index is 10.4. The number of nitrogens with zero attached hydrogens (tertiary/aromatic N) is 4. The van der Waals surface area contributed by atoms with E-state index in [1.54, 1.807) is 0 Å². The molecule has 230 valence electrons. The third kappa shape index (κ3) is 18.0. The van der Waals surface area contributed by atoms with Crippen molar-refractivity contribution in [1.82, 2.24) is 17.4 Å². The third-order valence-electron chi connectivity index (χ3n) is 5.58. The van der Waals surface area contributed by atoms with Crippen molar-refractivity contribution in [1.29, 1.82) is 0 Å². The second-order valence-corrected chi connectivity index (χ2v) is 12.3. The number of rotatable bonds is 3. The monoisotopic (exact) mass is 822 g/mol. The molecule has 0 aromatic heterocycles. The summed E-state index contributed by atoms with van der Waals surface area (Å²) >= 11 is 2.80. The first-order chi connectivity index (χ1) is 17.5. The molecule has 41 heavy (non-hydrogen) atoms. The van der Waals surface area contributed by atoms with Gasteiger partial charge in [0.15, 0.2) is 0 Å². The van der Waals surface area contributed by atoms with Gasteiger partial charge in [-0.05, 0) is 36.4 Å². The first kappa shape index (κ1) is 44.0. The fraction of sp³-hybridized carbons (Fsp3) is 0.355. The van der Waals surface area contributed by atoms with Crippen molar-refractivity contribution >= 4 is 45.0 Å². The second-order valence-electron chi connectivity index (χ2n) is 11.6. The molecule has 3 aromatic rings. The molecular formula is C31H46Br4N4O2. The van der Waals surface area contributed by atoms with Gasteiger partial charge in [-0.1, -0.05) is 54.6 Å². The number of carbonyl (C=O) groups is 2. The highest BCUT2D eigenvalue weighted by atomic mass is 79.9. The van der Waals surface area contributed by atoms with Gasteiger partial charge in [-0.3, -0.25) is 23.0 Å². The first-order valence-electron chi connectivity index (χ1n) is 12.7. The second kappa shape index (κ2) is 20.5. The fourth-order valence-electron chi connectivity index (χ4n) is 3.17. The minimum atomic E-state index is -0.144. The van der Waals surface area contributed by atoms with Crippen LogP contribution in [0.3, 0.4) is 0 Å². The average molecular weight is 826 g/mol. The Kier molecular flexibility index (Phi) is 22.0. The molecule has 1 fully saturated rings. The highest BCUT2D eigenvalue weighted by Gasteiger charge is 2.26. The SMILES string of the molecule is C[N+](C)(C)c1ccccc1.C[N+](C)(C)c1ccccc1.C[N+](C)(C)c1ccccc1.O=C1CCC(=O)N1Br.[Br-].[Br-].[Br-]. The van der Waals surface area contributed by atoms with E-state index in [9.17, 15) is 9.59 Å². The molecule has 0 spiro atoms. The molecule has 4 rings (SSSR count). The van der Waals surface area contributed by atoms with E-state index < -0.39 is 0 Å². The van der Waals surface area contributed by atoms with Gasteiger partial charge in [0, 0.05) is 12.8 Å². The van der Waals surface area contributed by atoms with Gasteiger partial charge in [0.1, 0.15) is 17.1 Å². The number of hydrogen-bond donors (Lipinski definition) is 0. The molecule has 1 heterocycles. The number of benzene rings is 3. The summed E-state index contributed by atoms with van der Waals surface area (Å²) < 4.78 is 3.65. The van der Waals surface area contributed by atoms with Crippen LogP contribution in [-0.2, 0) is 9.59 Å². The standard InChI is InChI=1S/3C9H14N.C4H4BrNO2.3BrH/c3*1-10(2,3)9-7-5-4-6-8-9;5-6-3(7)1-2-4(6)8;;;/h3*4-8H,1-3H3;1-2H2;3*1H/q3*+1;;;;/p-3. The van der Waals surface area contributed by atoms with Gasteiger partial charge < -0.3 is 50.9 Å². The van der Waals surface area contributed by atoms with Crippen molar-refractivity contribution in [3.8, 4) is 0 Å². The predicted octanol–water partition coefficient (Wildman–Crippen LogP) is -2.89. The number of halogens is 4. The van der Waals surface area contributed by atoms with Crippen LogP contribution in [0.2, 0.25) is 0 Å². The molecule has 0 N–H and O–H groups in total. The Morgan fingerprint density at radius 2 is 0.659 bits per heavy atom. The van der Waals surface area contributed by atoms with E-state index in [1.165, 1.54) is 17.1 Å². The minimum absolute atomic E-state index is 0. The Morgan fingerprint density at radius 1 is 0.463 bits per heavy atom. The van der Waals surface area contributed by atoms with Crippen molar-refractivity contribution in [2.24, 2.45) is 0 Å². The Morgan fingerprint density at radius 3 is 0.756 bits per heavy atom. The zero-order valence-electron chi connectivity index (χ0n) is 25.7. The van der Waals surface area contributed by atoms with Crippen LogP contribution in [0.1, 0.15) is 12.8 Å². The van der Waals surface area contributed by atoms with Crippen LogP contribution < -0.4 is 64.4 Å². The van der Waals surface area contributed by atoms with Crippen LogP contribution in [0.25, 0.3) is 0 Å². The number of carbonyl (C=O) groups excluding carboxylic acids is 2. The summed E-state index contributed by atoms with van der Waals surface area (Å²) in [6.45, 7) is 0. The number of quaternary nitrogens is 3. The Bertz CT molecular complexity index is 980. The highest BCUT2D eigenvalue weighted by molar-refractivity contribution is 9.08. The van der Waals surface area contributed by atoms with Crippen molar-refractivity contribution in [3.63, 3.8) is 0 Å². The molecule has 0 saturated carbocycles. The van der Waals surface area contributed by atoms with Crippen molar-refractivity contribution in [3.05, 3.63) is 91.0 Å². The fourth-order valence-corrected chi connectivity index (χ4v) is 3.53. The van der Waals surface area contributed by atoms with E-state index in [4.69, 9.17) is 0 Å². The van der Waals surface area contributed by atoms with Crippen LogP contribution in [0, 0.1) is 0 Å². The molecular weight excluding hydrogens is 780 g/mol. The lowest BCUT2D eigenvalue weighted by molar-refractivity contribution is -0.131. The van der Waals surface area contributed by atoms with E-state index in [-0.39, 0.29) is 62.8 Å². The molecule has 6 nitrogen and oxygen atoms in total. The maximum Gasteiger partial charge on any atom is 0.239 e. The molecule has 2 amide bonds. The average Bonchev–Trinajstić information content (AvgIpc) is 3.16. The lowest BCUT2D eigenvalue weighted by atomic mass is 10.3. The van der Waals surface area contributed by atoms with Gasteiger partial charge in [0.05, 0.1) is 79.6 Å². The van der Waals surface area contributed by atoms with Gasteiger partial charge in [-0.25, -0.2) is 3.93 Å². The summed E-state index contributed by atoms with van der Waals surface area (Å²) in [7, 11) is 19.5. The molecule has 10 heteroatoms. The van der Waals surface area contributed by atoms with Gasteiger partial charge in [-0.2, -0.15) is 0 Å². The van der Waals surface area contributed by atoms with Gasteiger partial charge >= 0.3 is 0 Å². The van der Waals surface area contributed by atoms with Crippen LogP contribution in [0.15, 0.2) is 91.0 Å². The summed E-state index contributed by atoms with van der Waals surface area (Å²) in [5, 5.41) is 0. The summed E-state index contributed by atoms with van der Waals surface area (Å²) in [5.74, 6) is -0.287. The Balaban J connectivity index is -0.000000460. The topological polar surface area (TPSA) is 37.4 Å². The van der Waals surface area contributed by atoms with E-state index in [2.05, 4.69) is 152 Å². The molecule has 1 saturated heterocycles. The first-order valence-corrected chi connectivity index (χ1v) is 13.4. The molecule has 0 bridgehead atoms. The van der Waals surface area contributed by atoms with E-state index in [0.29, 0.717) is 12.8 Å². The smallest absolute Gasteiger partial charge is 0.239 e. The quantitative estimate of drug-likeness (QED) is 0.162. The van der Waals surface area contributed by atoms with Crippen LogP contribution in [-0.4, -0.2) is 79.2 Å². The predicted molar refractivity (Wildman–Crippen MR) is 168 cm³/mol. The number of amides is 2. The van der Waals surface area contributed by atoms with E-state index in [0.717, 1.165) is 17.4 Å². The summed E-state index contributed by atoms with van der Waals surface area (Å²) in [6.07, 6.45) is 0.703. The summed E-state index contributed by atoms with van der Waals surface area (Å²) in [4.78, 5) is 20.9. The molecule has 0 unspecified atom stereocenters. The largest absolute Gasteiger partial charge is 1.00 e. The molecule has 1 aliphatic rings. The van der Waals surface area contributed by atoms with Crippen molar-refractivity contribution in [2.75, 3.05) is 63.4 Å². The lowest BCUT2D eigenvalue weighted by Gasteiger charge is -2.22. The van der Waals surface area contributed by atoms with Crippen LogP contribution in [0.4, 0.5) is 17.1 Å².